The number of aryl methyl sites for hydroxylation is 1. The molecule has 4 aliphatic carbocycles. The number of rotatable bonds is 19. The highest BCUT2D eigenvalue weighted by Crippen LogP contribution is 2.48. The summed E-state index contributed by atoms with van der Waals surface area (Å²) in [6.07, 6.45) is 61.4. The number of aliphatic hydroxyl groups excluding tert-OH is 2. The van der Waals surface area contributed by atoms with E-state index in [9.17, 15) is 43.8 Å². The number of hydrogen-bond donors (Lipinski definition) is 2. The average Bonchev–Trinajstić information content (AvgIpc) is 0.754. The molecule has 4 saturated carbocycles. The lowest BCUT2D eigenvalue weighted by Crippen LogP contribution is -2.57. The van der Waals surface area contributed by atoms with E-state index in [2.05, 4.69) is 61.8 Å². The predicted molar refractivity (Wildman–Crippen MR) is 538 cm³/mol. The number of aromatic nitrogens is 8. The molecular weight excluding hydrogens is 1670 g/mol. The number of ketones is 3. The molecule has 0 spiro atoms. The quantitative estimate of drug-likeness (QED) is 0.0714. The van der Waals surface area contributed by atoms with Crippen LogP contribution in [0, 0.1) is 11.8 Å². The molecule has 726 valence electrons. The van der Waals surface area contributed by atoms with E-state index in [0.717, 1.165) is 147 Å². The number of hydrogen-bond acceptors (Lipinski definition) is 18. The molecule has 12 heterocycles. The third-order valence-corrected chi connectivity index (χ3v) is 34.5. The van der Waals surface area contributed by atoms with Gasteiger partial charge >= 0.3 is 0 Å². The number of carbonyl (C=O) groups excluding carboxylic acids is 3. The van der Waals surface area contributed by atoms with E-state index < -0.39 is 5.92 Å². The fourth-order valence-corrected chi connectivity index (χ4v) is 27.6. The van der Waals surface area contributed by atoms with Gasteiger partial charge in [-0.2, -0.15) is 0 Å². The summed E-state index contributed by atoms with van der Waals surface area (Å²) >= 11 is 0. The Hall–Kier alpha value is -7.99. The highest BCUT2D eigenvalue weighted by Gasteiger charge is 2.47. The Balaban J connectivity index is 0.000000125. The zero-order valence-electron chi connectivity index (χ0n) is 81.7. The molecular formula is C112H159N13O9. The Morgan fingerprint density at radius 2 is 0.679 bits per heavy atom. The fraction of sp³-hybridized carbons (Fsp3) is 0.688. The minimum atomic E-state index is -0.578. The third-order valence-electron chi connectivity index (χ3n) is 34.5. The molecule has 12 fully saturated rings. The molecule has 2 N–H and O–H groups in total. The number of benzene rings is 4. The van der Waals surface area contributed by atoms with E-state index in [1.54, 1.807) is 6.92 Å². The van der Waals surface area contributed by atoms with Crippen molar-refractivity contribution in [2.24, 2.45) is 11.8 Å². The molecule has 8 aliphatic heterocycles. The summed E-state index contributed by atoms with van der Waals surface area (Å²) in [5, 5.41) is 19.8. The number of Topliss-reactive ketones (excluding diaryl/α,β-unsaturated/α-hetero) is 3. The zero-order valence-corrected chi connectivity index (χ0v) is 81.7. The van der Waals surface area contributed by atoms with Crippen molar-refractivity contribution in [3.05, 3.63) is 156 Å². The van der Waals surface area contributed by atoms with Gasteiger partial charge in [0.05, 0.1) is 56.8 Å². The number of fused-ring (bicyclic) bond motifs is 10. The topological polar surface area (TPSA) is 247 Å². The molecule has 22 heteroatoms. The summed E-state index contributed by atoms with van der Waals surface area (Å²) in [5.41, 5.74) is 8.01. The Bertz CT molecular complexity index is 5440. The molecule has 22 nitrogen and oxygen atoms in total. The highest BCUT2D eigenvalue weighted by atomic mass is 16.3. The van der Waals surface area contributed by atoms with Crippen LogP contribution in [0.1, 0.15) is 388 Å². The van der Waals surface area contributed by atoms with Crippen LogP contribution in [0.3, 0.4) is 0 Å². The van der Waals surface area contributed by atoms with Crippen LogP contribution in [-0.2, 0) is 22.4 Å². The third kappa shape index (κ3) is 22.8. The van der Waals surface area contributed by atoms with Crippen LogP contribution in [0.15, 0.2) is 116 Å². The van der Waals surface area contributed by atoms with Crippen LogP contribution in [0.4, 0.5) is 5.82 Å². The molecule has 4 aromatic carbocycles. The molecule has 8 saturated heterocycles. The number of carbonyl (C=O) groups is 3. The zero-order chi connectivity index (χ0) is 92.7. The second-order valence-corrected chi connectivity index (χ2v) is 43.1. The first-order chi connectivity index (χ1) is 65.5. The SMILES string of the molecule is CC(=O)C1CCN(c2nc3ccccc3n(C3C[C@H]4CCC[C@@H](C3)N4C3CCCCCCC3)c2=O)CC1.CC(=O)[C@@H](CO)Cc1nc2ccccc2n(C2C[C@H]3CCC[C@@H](C2)N3C2CCCCCCC2)c1=O.CC(=O)c1nc2ccccc2n(C2CCN(C3CCCCCCC3)CC2)c1=O.CC[C@H](O)CCc1nc2ccccc2n(C2C[C@H]3CCC[C@@H](C2)N3C2CCCCCCC2)c1=O. The number of likely N-dealkylation sites (tertiary alicyclic amines) is 1. The maximum atomic E-state index is 14.2. The first-order valence-electron chi connectivity index (χ1n) is 54.1. The van der Waals surface area contributed by atoms with Crippen molar-refractivity contribution in [3.8, 4) is 0 Å². The maximum absolute atomic E-state index is 14.2. The van der Waals surface area contributed by atoms with Gasteiger partial charge in [-0.15, -0.1) is 0 Å². The minimum absolute atomic E-state index is 0.0705. The van der Waals surface area contributed by atoms with E-state index in [-0.39, 0.29) is 94.5 Å². The Kier molecular flexibility index (Phi) is 34.0. The van der Waals surface area contributed by atoms with E-state index in [1.807, 2.05) is 94.9 Å². The molecule has 6 bridgehead atoms. The van der Waals surface area contributed by atoms with Gasteiger partial charge in [-0.3, -0.25) is 48.3 Å². The summed E-state index contributed by atoms with van der Waals surface area (Å²) in [6.45, 7) is 9.87. The molecule has 12 aliphatic rings. The lowest BCUT2D eigenvalue weighted by molar-refractivity contribution is -0.122. The maximum Gasteiger partial charge on any atom is 0.294 e. The minimum Gasteiger partial charge on any atom is -0.396 e. The molecule has 0 amide bonds. The van der Waals surface area contributed by atoms with Gasteiger partial charge in [-0.05, 0) is 236 Å². The summed E-state index contributed by atoms with van der Waals surface area (Å²) in [7, 11) is 0. The molecule has 0 radical (unpaired) electrons. The number of para-hydroxylation sites is 8. The van der Waals surface area contributed by atoms with Crippen LogP contribution in [0.2, 0.25) is 0 Å². The standard InChI is InChI=1S/C31H44N4O2.C29H41N3O3.C29H43N3O2.C23H31N3O2/c1-22(36)23-16-18-33(19-17-23)30-31(37)35(29-15-8-7-14-28(29)32-30)27-20-25-12-9-13-26(21-27)34(25)24-10-5-3-2-4-6-11-24;1-20(34)21(19-33)16-27-29(35)32(28-15-8-7-14-26(28)30-27)25-17-23-12-9-13-24(18-25)31(23)22-10-5-3-2-4-6-11-22;1-2-25(33)17-18-27-29(34)32(28-16-9-8-15-26(28)30-27)24-19-22-13-10-14-23(20-24)31(22)21-11-6-4-3-5-7-12-21;1-17(27)22-23(28)26(21-12-8-7-11-20(21)24-22)19-13-15-25(16-14-19)18-9-5-3-2-4-6-10-18/h7-8,14-15,23-27H,2-6,9-13,16-21H2,1H3;7-8,14-15,21-25,33H,2-6,9-13,16-19H2,1H3;8-9,15-16,21-25,33H,2-7,10-14,17-20H2,1H3;7-8,11-12,18-19H,2-6,9-10,13-16H2,1H3/t25-,26+,27?;21-,23-,24+,25?;22-,23+,24?,25-;/m.10./s1. The smallest absolute Gasteiger partial charge is 0.294 e. The van der Waals surface area contributed by atoms with Crippen molar-refractivity contribution in [3.63, 3.8) is 0 Å². The van der Waals surface area contributed by atoms with Crippen LogP contribution in [0.25, 0.3) is 44.1 Å². The highest BCUT2D eigenvalue weighted by molar-refractivity contribution is 5.93. The fourth-order valence-electron chi connectivity index (χ4n) is 27.6. The summed E-state index contributed by atoms with van der Waals surface area (Å²) in [4.78, 5) is 123. The molecule has 4 aromatic heterocycles. The van der Waals surface area contributed by atoms with Crippen LogP contribution in [-0.4, -0.2) is 185 Å². The van der Waals surface area contributed by atoms with Crippen molar-refractivity contribution in [2.45, 2.75) is 446 Å². The van der Waals surface area contributed by atoms with Gasteiger partial charge in [0.25, 0.3) is 22.2 Å². The van der Waals surface area contributed by atoms with E-state index in [1.165, 1.54) is 251 Å². The van der Waals surface area contributed by atoms with Gasteiger partial charge in [0.15, 0.2) is 17.3 Å². The lowest BCUT2D eigenvalue weighted by atomic mass is 9.79. The molecule has 20 rings (SSSR count). The predicted octanol–water partition coefficient (Wildman–Crippen LogP) is 20.8. The molecule has 3 unspecified atom stereocenters. The first-order valence-corrected chi connectivity index (χ1v) is 54.1. The van der Waals surface area contributed by atoms with Crippen molar-refractivity contribution < 1.29 is 24.6 Å². The molecule has 8 aromatic rings. The summed E-state index contributed by atoms with van der Waals surface area (Å²) in [5.74, 6) is 0.0487. The Morgan fingerprint density at radius 1 is 0.351 bits per heavy atom. The summed E-state index contributed by atoms with van der Waals surface area (Å²) in [6, 6.07) is 39.1. The molecule has 11 atom stereocenters. The van der Waals surface area contributed by atoms with Crippen molar-refractivity contribution >= 4 is 67.3 Å². The van der Waals surface area contributed by atoms with Gasteiger partial charge in [0.2, 0.25) is 0 Å². The second kappa shape index (κ2) is 46.6. The van der Waals surface area contributed by atoms with Crippen LogP contribution >= 0.6 is 0 Å². The first kappa shape index (κ1) is 97.6. The van der Waals surface area contributed by atoms with Gasteiger partial charge < -0.3 is 38.3 Å². The van der Waals surface area contributed by atoms with Crippen molar-refractivity contribution in [2.75, 3.05) is 37.7 Å². The Morgan fingerprint density at radius 3 is 1.04 bits per heavy atom. The molecule has 134 heavy (non-hydrogen) atoms. The van der Waals surface area contributed by atoms with Gasteiger partial charge in [-0.1, -0.05) is 203 Å². The van der Waals surface area contributed by atoms with Gasteiger partial charge in [-0.25, -0.2) is 19.9 Å². The van der Waals surface area contributed by atoms with Crippen molar-refractivity contribution in [1.82, 2.24) is 57.8 Å². The van der Waals surface area contributed by atoms with Crippen LogP contribution < -0.4 is 27.1 Å². The number of anilines is 1. The number of piperidine rings is 8. The monoisotopic (exact) mass is 1830 g/mol. The van der Waals surface area contributed by atoms with Crippen molar-refractivity contribution in [1.29, 1.82) is 0 Å². The normalized spacial score (nSPS) is 26.5. The largest absolute Gasteiger partial charge is 0.396 e. The number of aliphatic hydroxyl groups is 2. The van der Waals surface area contributed by atoms with E-state index in [0.29, 0.717) is 84.8 Å². The van der Waals surface area contributed by atoms with Crippen LogP contribution in [0.5, 0.6) is 0 Å². The summed E-state index contributed by atoms with van der Waals surface area (Å²) < 4.78 is 8.11. The van der Waals surface area contributed by atoms with Gasteiger partial charge in [0.1, 0.15) is 23.0 Å². The second-order valence-electron chi connectivity index (χ2n) is 43.1. The van der Waals surface area contributed by atoms with E-state index >= 15 is 0 Å². The number of nitrogens with zero attached hydrogens (tertiary/aromatic N) is 13. The lowest BCUT2D eigenvalue weighted by Gasteiger charge is -2.53. The average molecular weight is 1830 g/mol. The van der Waals surface area contributed by atoms with Gasteiger partial charge in [0, 0.05) is 136 Å². The van der Waals surface area contributed by atoms with E-state index in [4.69, 9.17) is 9.97 Å². The Labute approximate surface area is 796 Å².